The molecule has 0 aromatic rings. The van der Waals surface area contributed by atoms with Crippen LogP contribution in [0.3, 0.4) is 0 Å². The van der Waals surface area contributed by atoms with E-state index >= 15 is 0 Å². The first-order chi connectivity index (χ1) is 5.06. The van der Waals surface area contributed by atoms with E-state index in [4.69, 9.17) is 56.6 Å². The Balaban J connectivity index is -0.000000109. The minimum Gasteiger partial charge on any atom is -0.400 e. The second-order valence-electron chi connectivity index (χ2n) is 0.837. The quantitative estimate of drug-likeness (QED) is 0.687. The Hall–Kier alpha value is 0.820. The van der Waals surface area contributed by atoms with Crippen molar-refractivity contribution in [3.63, 3.8) is 0 Å². The van der Waals surface area contributed by atoms with Gasteiger partial charge in [0.1, 0.15) is 8.98 Å². The predicted molar refractivity (Wildman–Crippen MR) is 51.3 cm³/mol. The summed E-state index contributed by atoms with van der Waals surface area (Å²) >= 11 is 20.0. The molecule has 2 nitrogen and oxygen atoms in total. The summed E-state index contributed by atoms with van der Waals surface area (Å²) in [5.74, 6) is 0. The van der Waals surface area contributed by atoms with E-state index in [-0.39, 0.29) is 15.6 Å². The predicted octanol–water partition coefficient (Wildman–Crippen LogP) is 2.68. The summed E-state index contributed by atoms with van der Waals surface area (Å²) in [6.45, 7) is 1.93. The lowest BCUT2D eigenvalue weighted by molar-refractivity contribution is 0.318. The highest BCUT2D eigenvalue weighted by atomic mass is 35.5. The van der Waals surface area contributed by atoms with Crippen LogP contribution in [-0.4, -0.2) is 23.9 Å². The van der Waals surface area contributed by atoms with Crippen LogP contribution in [-0.2, 0) is 0 Å². The third-order valence-corrected chi connectivity index (χ3v) is 1.29. The molecular weight excluding hydrogens is 234 g/mol. The Labute approximate surface area is 86.3 Å². The monoisotopic (exact) mass is 242 g/mol. The molecule has 0 aromatic heterocycles. The fraction of sp³-hybridized carbons (Fsp3) is 0.600. The summed E-state index contributed by atoms with van der Waals surface area (Å²) in [5, 5.41) is 14.6. The van der Waals surface area contributed by atoms with E-state index in [1.165, 1.54) is 0 Å². The number of rotatable bonds is 0. The molecule has 0 heterocycles. The summed E-state index contributed by atoms with van der Waals surface area (Å²) in [7, 11) is 1.00. The molecule has 0 aromatic carbocycles. The second kappa shape index (κ2) is 17.1. The fourth-order valence-electron chi connectivity index (χ4n) is 0. The van der Waals surface area contributed by atoms with Crippen molar-refractivity contribution in [2.24, 2.45) is 0 Å². The molecule has 0 aliphatic rings. The lowest BCUT2D eigenvalue weighted by Crippen LogP contribution is -1.57. The number of hydrogen-bond donors (Lipinski definition) is 2. The normalized spacial score (nSPS) is 6.55. The summed E-state index contributed by atoms with van der Waals surface area (Å²) in [4.78, 5) is 0. The first-order valence-electron chi connectivity index (χ1n) is 2.48. The molecule has 0 saturated heterocycles. The summed E-state index contributed by atoms with van der Waals surface area (Å²) < 4.78 is -0.198. The molecule has 11 heavy (non-hydrogen) atoms. The van der Waals surface area contributed by atoms with Gasteiger partial charge in [0.2, 0.25) is 0 Å². The molecule has 0 saturated carbocycles. The van der Waals surface area contributed by atoms with Gasteiger partial charge in [-0.2, -0.15) is 0 Å². The first-order valence-corrected chi connectivity index (χ1v) is 3.99. The smallest absolute Gasteiger partial charge is 0.136 e. The van der Waals surface area contributed by atoms with Crippen LogP contribution in [0.1, 0.15) is 6.92 Å². The minimum atomic E-state index is -0.0988. The zero-order chi connectivity index (χ0) is 9.86. The van der Waals surface area contributed by atoms with Crippen molar-refractivity contribution >= 4 is 46.4 Å². The molecule has 0 atom stereocenters. The number of aliphatic hydroxyl groups excluding tert-OH is 2. The van der Waals surface area contributed by atoms with Gasteiger partial charge in [-0.25, -0.2) is 0 Å². The van der Waals surface area contributed by atoms with Crippen LogP contribution >= 0.6 is 46.4 Å². The average Bonchev–Trinajstić information content (AvgIpc) is 1.93. The van der Waals surface area contributed by atoms with Crippen LogP contribution < -0.4 is 0 Å². The van der Waals surface area contributed by atoms with E-state index in [1.807, 2.05) is 0 Å². The molecule has 0 rings (SSSR count). The highest BCUT2D eigenvalue weighted by Crippen LogP contribution is 2.20. The van der Waals surface area contributed by atoms with Crippen molar-refractivity contribution < 1.29 is 10.2 Å². The second-order valence-corrected chi connectivity index (χ2v) is 2.74. The van der Waals surface area contributed by atoms with Crippen molar-refractivity contribution in [1.82, 2.24) is 0 Å². The number of halogens is 4. The van der Waals surface area contributed by atoms with Gasteiger partial charge in [-0.05, 0) is 6.92 Å². The number of hydrogen-bond acceptors (Lipinski definition) is 2. The molecule has 0 bridgehead atoms. The van der Waals surface area contributed by atoms with Gasteiger partial charge in [0.15, 0.2) is 0 Å². The maximum atomic E-state index is 7.57. The lowest BCUT2D eigenvalue weighted by Gasteiger charge is -1.75. The van der Waals surface area contributed by atoms with E-state index in [0.29, 0.717) is 0 Å². The van der Waals surface area contributed by atoms with E-state index < -0.39 is 0 Å². The van der Waals surface area contributed by atoms with Gasteiger partial charge in [-0.1, -0.05) is 46.4 Å². The minimum absolute atomic E-state index is 0.0988. The molecular formula is C5H10Cl4O2. The standard InChI is InChI=1S/C2Cl4.C2H6O.CH4O/c3-1(4)2(5)6;1-2-3;1-2/h;3H,2H2,1H3;2H,1H3. The van der Waals surface area contributed by atoms with Crippen molar-refractivity contribution in [1.29, 1.82) is 0 Å². The molecule has 0 spiro atoms. The van der Waals surface area contributed by atoms with E-state index in [0.717, 1.165) is 7.11 Å². The Morgan fingerprint density at radius 2 is 1.09 bits per heavy atom. The first kappa shape index (κ1) is 17.8. The van der Waals surface area contributed by atoms with Crippen LogP contribution in [0.15, 0.2) is 8.98 Å². The Kier molecular flexibility index (Phi) is 27.6. The average molecular weight is 244 g/mol. The van der Waals surface area contributed by atoms with Gasteiger partial charge in [-0.3, -0.25) is 0 Å². The van der Waals surface area contributed by atoms with Gasteiger partial charge >= 0.3 is 0 Å². The zero-order valence-corrected chi connectivity index (χ0v) is 9.14. The van der Waals surface area contributed by atoms with Gasteiger partial charge in [-0.15, -0.1) is 0 Å². The van der Waals surface area contributed by atoms with Crippen molar-refractivity contribution in [2.75, 3.05) is 13.7 Å². The summed E-state index contributed by atoms with van der Waals surface area (Å²) in [5.41, 5.74) is 0. The topological polar surface area (TPSA) is 40.5 Å². The van der Waals surface area contributed by atoms with E-state index in [1.54, 1.807) is 6.92 Å². The third kappa shape index (κ3) is 36.2. The molecule has 2 N–H and O–H groups in total. The van der Waals surface area contributed by atoms with Crippen LogP contribution in [0, 0.1) is 0 Å². The molecule has 0 aliphatic heterocycles. The SMILES string of the molecule is CCO.CO.ClC(Cl)=C(Cl)Cl. The highest BCUT2D eigenvalue weighted by Gasteiger charge is 1.88. The fourth-order valence-corrected chi connectivity index (χ4v) is 0. The Morgan fingerprint density at radius 1 is 1.00 bits per heavy atom. The molecule has 0 aliphatic carbocycles. The van der Waals surface area contributed by atoms with Gasteiger partial charge < -0.3 is 10.2 Å². The molecule has 0 unspecified atom stereocenters. The molecule has 6 heteroatoms. The highest BCUT2D eigenvalue weighted by molar-refractivity contribution is 6.67. The number of aliphatic hydroxyl groups is 2. The van der Waals surface area contributed by atoms with Crippen molar-refractivity contribution in [2.45, 2.75) is 6.92 Å². The van der Waals surface area contributed by atoms with Crippen LogP contribution in [0.4, 0.5) is 0 Å². The maximum Gasteiger partial charge on any atom is 0.136 e. The Bertz CT molecular complexity index is 76.5. The lowest BCUT2D eigenvalue weighted by atomic mass is 10.9. The summed E-state index contributed by atoms with van der Waals surface area (Å²) in [6.07, 6.45) is 0. The maximum absolute atomic E-state index is 7.57. The van der Waals surface area contributed by atoms with Crippen molar-refractivity contribution in [3.05, 3.63) is 8.98 Å². The van der Waals surface area contributed by atoms with E-state index in [9.17, 15) is 0 Å². The van der Waals surface area contributed by atoms with Crippen LogP contribution in [0.5, 0.6) is 0 Å². The molecule has 70 valence electrons. The van der Waals surface area contributed by atoms with Gasteiger partial charge in [0, 0.05) is 13.7 Å². The third-order valence-electron chi connectivity index (χ3n) is 0.143. The van der Waals surface area contributed by atoms with Crippen LogP contribution in [0.25, 0.3) is 0 Å². The largest absolute Gasteiger partial charge is 0.400 e. The van der Waals surface area contributed by atoms with Crippen LogP contribution in [0.2, 0.25) is 0 Å². The van der Waals surface area contributed by atoms with Crippen molar-refractivity contribution in [3.8, 4) is 0 Å². The van der Waals surface area contributed by atoms with Gasteiger partial charge in [0.05, 0.1) is 0 Å². The molecule has 0 amide bonds. The molecule has 0 radical (unpaired) electrons. The summed E-state index contributed by atoms with van der Waals surface area (Å²) in [6, 6.07) is 0. The van der Waals surface area contributed by atoms with Gasteiger partial charge in [0.25, 0.3) is 0 Å². The zero-order valence-electron chi connectivity index (χ0n) is 6.11. The molecule has 0 fully saturated rings. The Morgan fingerprint density at radius 3 is 1.09 bits per heavy atom. The van der Waals surface area contributed by atoms with E-state index in [2.05, 4.69) is 0 Å².